The van der Waals surface area contributed by atoms with E-state index in [1.165, 1.54) is 12.2 Å². The van der Waals surface area contributed by atoms with Crippen molar-refractivity contribution in [2.75, 3.05) is 0 Å². The van der Waals surface area contributed by atoms with Gasteiger partial charge in [0.15, 0.2) is 0 Å². The minimum atomic E-state index is 0.553. The predicted molar refractivity (Wildman–Crippen MR) is 53.3 cm³/mol. The maximum atomic E-state index is 10.3. The van der Waals surface area contributed by atoms with Gasteiger partial charge in [-0.15, -0.1) is 0 Å². The minimum absolute atomic E-state index is 0.553. The summed E-state index contributed by atoms with van der Waals surface area (Å²) in [4.78, 5) is 27.8. The fourth-order valence-electron chi connectivity index (χ4n) is 2.05. The molecular weight excluding hydrogens is 192 g/mol. The molecule has 0 saturated carbocycles. The molecule has 4 nitrogen and oxygen atoms in total. The van der Waals surface area contributed by atoms with E-state index < -0.39 is 0 Å². The van der Waals surface area contributed by atoms with Gasteiger partial charge in [0.25, 0.3) is 0 Å². The van der Waals surface area contributed by atoms with Gasteiger partial charge in [0.05, 0.1) is 11.4 Å². The third kappa shape index (κ3) is 1.42. The second-order valence-corrected chi connectivity index (χ2v) is 3.44. The molecule has 0 amide bonds. The Balaban J connectivity index is 2.61. The largest absolute Gasteiger partial charge is 0.240 e. The van der Waals surface area contributed by atoms with Gasteiger partial charge in [-0.2, -0.15) is 9.98 Å². The van der Waals surface area contributed by atoms with Crippen molar-refractivity contribution < 1.29 is 9.59 Å². The summed E-state index contributed by atoms with van der Waals surface area (Å²) >= 11 is 0. The summed E-state index contributed by atoms with van der Waals surface area (Å²) in [5.41, 5.74) is 3.97. The molecule has 0 radical (unpaired) electrons. The van der Waals surface area contributed by atoms with Gasteiger partial charge in [-0.05, 0) is 24.0 Å². The molecule has 2 aliphatic carbocycles. The average molecular weight is 200 g/mol. The second kappa shape index (κ2) is 3.62. The zero-order chi connectivity index (χ0) is 10.8. The molecule has 2 aliphatic rings. The fourth-order valence-corrected chi connectivity index (χ4v) is 2.05. The van der Waals surface area contributed by atoms with E-state index in [2.05, 4.69) is 16.6 Å². The van der Waals surface area contributed by atoms with Crippen LogP contribution in [-0.2, 0) is 9.59 Å². The van der Waals surface area contributed by atoms with E-state index >= 15 is 0 Å². The zero-order valence-corrected chi connectivity index (χ0v) is 8.04. The molecule has 4 heteroatoms. The Morgan fingerprint density at radius 3 is 2.40 bits per heavy atom. The van der Waals surface area contributed by atoms with Crippen molar-refractivity contribution in [2.24, 2.45) is 9.98 Å². The SMILES string of the molecule is C=C1CC(N=C=O)=C2CCC1=C2N=C=O. The number of aliphatic imine (C=N–C) groups is 2. The van der Waals surface area contributed by atoms with Gasteiger partial charge in [-0.1, -0.05) is 6.58 Å². The Morgan fingerprint density at radius 1 is 1.07 bits per heavy atom. The fraction of sp³-hybridized carbons (Fsp3) is 0.273. The molecule has 0 aromatic rings. The number of nitrogens with zero attached hydrogens (tertiary/aromatic N) is 2. The van der Waals surface area contributed by atoms with Gasteiger partial charge in [0.1, 0.15) is 0 Å². The highest BCUT2D eigenvalue weighted by Crippen LogP contribution is 2.44. The summed E-state index contributed by atoms with van der Waals surface area (Å²) in [6, 6.07) is 0. The van der Waals surface area contributed by atoms with E-state index in [1.54, 1.807) is 0 Å². The number of fused-ring (bicyclic) bond motifs is 1. The first-order valence-corrected chi connectivity index (χ1v) is 4.57. The van der Waals surface area contributed by atoms with Gasteiger partial charge < -0.3 is 0 Å². The van der Waals surface area contributed by atoms with Gasteiger partial charge >= 0.3 is 0 Å². The third-order valence-corrected chi connectivity index (χ3v) is 2.69. The quantitative estimate of drug-likeness (QED) is 0.505. The van der Waals surface area contributed by atoms with Gasteiger partial charge in [-0.25, -0.2) is 9.59 Å². The van der Waals surface area contributed by atoms with Crippen LogP contribution in [0.3, 0.4) is 0 Å². The zero-order valence-electron chi connectivity index (χ0n) is 8.04. The summed E-state index contributed by atoms with van der Waals surface area (Å²) in [5, 5.41) is 0. The molecule has 0 unspecified atom stereocenters. The standard InChI is InChI=1S/C11H8N2O2/c1-7-4-10(12-5-14)9-3-2-8(7)11(9)13-6-15/h1-4H2. The van der Waals surface area contributed by atoms with Crippen LogP contribution in [0, 0.1) is 0 Å². The normalized spacial score (nSPS) is 18.8. The molecule has 74 valence electrons. The maximum absolute atomic E-state index is 10.3. The first-order valence-electron chi connectivity index (χ1n) is 4.57. The van der Waals surface area contributed by atoms with Crippen LogP contribution >= 0.6 is 0 Å². The molecule has 0 spiro atoms. The highest BCUT2D eigenvalue weighted by molar-refractivity contribution is 5.60. The lowest BCUT2D eigenvalue weighted by atomic mass is 9.96. The smallest absolute Gasteiger partial charge is 0.211 e. The molecule has 0 atom stereocenters. The molecule has 0 aliphatic heterocycles. The summed E-state index contributed by atoms with van der Waals surface area (Å²) in [5.74, 6) is 0. The first kappa shape index (κ1) is 9.53. The summed E-state index contributed by atoms with van der Waals surface area (Å²) in [6.07, 6.45) is 5.16. The molecular formula is C11H8N2O2. The number of rotatable bonds is 2. The summed E-state index contributed by atoms with van der Waals surface area (Å²) in [7, 11) is 0. The average Bonchev–Trinajstić information content (AvgIpc) is 2.54. The monoisotopic (exact) mass is 200 g/mol. The van der Waals surface area contributed by atoms with E-state index in [9.17, 15) is 9.59 Å². The van der Waals surface area contributed by atoms with Crippen LogP contribution in [0.25, 0.3) is 0 Å². The van der Waals surface area contributed by atoms with Crippen LogP contribution in [0.5, 0.6) is 0 Å². The van der Waals surface area contributed by atoms with E-state index in [1.807, 2.05) is 0 Å². The topological polar surface area (TPSA) is 58.9 Å². The molecule has 0 N–H and O–H groups in total. The molecule has 15 heavy (non-hydrogen) atoms. The van der Waals surface area contributed by atoms with E-state index in [0.717, 1.165) is 29.6 Å². The van der Waals surface area contributed by atoms with Crippen LogP contribution in [0.4, 0.5) is 0 Å². The van der Waals surface area contributed by atoms with Gasteiger partial charge in [0.2, 0.25) is 12.2 Å². The van der Waals surface area contributed by atoms with Crippen molar-refractivity contribution in [2.45, 2.75) is 19.3 Å². The molecule has 2 bridgehead atoms. The Labute approximate surface area is 86.4 Å². The number of isocyanates is 2. The molecule has 0 fully saturated rings. The Kier molecular flexibility index (Phi) is 2.30. The summed E-state index contributed by atoms with van der Waals surface area (Å²) in [6.45, 7) is 3.89. The first-order chi connectivity index (χ1) is 7.27. The number of hydrogen-bond donors (Lipinski definition) is 0. The van der Waals surface area contributed by atoms with Crippen LogP contribution < -0.4 is 0 Å². The molecule has 0 aromatic carbocycles. The summed E-state index contributed by atoms with van der Waals surface area (Å²) < 4.78 is 0. The molecule has 0 aromatic heterocycles. The highest BCUT2D eigenvalue weighted by Gasteiger charge is 2.29. The van der Waals surface area contributed by atoms with Gasteiger partial charge in [0, 0.05) is 12.0 Å². The molecule has 0 saturated heterocycles. The van der Waals surface area contributed by atoms with E-state index in [0.29, 0.717) is 17.8 Å². The second-order valence-electron chi connectivity index (χ2n) is 3.44. The minimum Gasteiger partial charge on any atom is -0.211 e. The number of hydrogen-bond acceptors (Lipinski definition) is 4. The third-order valence-electron chi connectivity index (χ3n) is 2.69. The number of carbonyl (C=O) groups excluding carboxylic acids is 2. The van der Waals surface area contributed by atoms with Crippen molar-refractivity contribution >= 4 is 12.2 Å². The van der Waals surface area contributed by atoms with Gasteiger partial charge in [-0.3, -0.25) is 0 Å². The van der Waals surface area contributed by atoms with Crippen molar-refractivity contribution in [1.29, 1.82) is 0 Å². The van der Waals surface area contributed by atoms with Crippen LogP contribution in [0.15, 0.2) is 44.7 Å². The molecule has 2 rings (SSSR count). The lowest BCUT2D eigenvalue weighted by Gasteiger charge is -2.13. The van der Waals surface area contributed by atoms with Crippen molar-refractivity contribution in [3.8, 4) is 0 Å². The predicted octanol–water partition coefficient (Wildman–Crippen LogP) is 1.92. The van der Waals surface area contributed by atoms with Crippen molar-refractivity contribution in [3.05, 3.63) is 34.7 Å². The lowest BCUT2D eigenvalue weighted by Crippen LogP contribution is -1.98. The maximum Gasteiger partial charge on any atom is 0.240 e. The highest BCUT2D eigenvalue weighted by atomic mass is 16.1. The lowest BCUT2D eigenvalue weighted by molar-refractivity contribution is 0.564. The molecule has 0 heterocycles. The Hall–Kier alpha value is -2.02. The van der Waals surface area contributed by atoms with Crippen molar-refractivity contribution in [1.82, 2.24) is 0 Å². The van der Waals surface area contributed by atoms with Crippen molar-refractivity contribution in [3.63, 3.8) is 0 Å². The Morgan fingerprint density at radius 2 is 1.73 bits per heavy atom. The van der Waals surface area contributed by atoms with Crippen LogP contribution in [0.1, 0.15) is 19.3 Å². The Bertz CT molecular complexity index is 499. The van der Waals surface area contributed by atoms with E-state index in [4.69, 9.17) is 0 Å². The number of allylic oxidation sites excluding steroid dienone is 3. The van der Waals surface area contributed by atoms with E-state index in [-0.39, 0.29) is 0 Å². The van der Waals surface area contributed by atoms with Crippen LogP contribution in [-0.4, -0.2) is 12.2 Å². The van der Waals surface area contributed by atoms with Crippen LogP contribution in [0.2, 0.25) is 0 Å².